The van der Waals surface area contributed by atoms with Crippen LogP contribution in [-0.2, 0) is 4.79 Å². The van der Waals surface area contributed by atoms with Gasteiger partial charge in [-0.2, -0.15) is 15.1 Å². The molecule has 9 heteroatoms. The molecular formula is C27H18N4O3S2. The first kappa shape index (κ1) is 22.4. The van der Waals surface area contributed by atoms with E-state index in [0.29, 0.717) is 26.8 Å². The normalized spacial score (nSPS) is 16.3. The third kappa shape index (κ3) is 4.46. The summed E-state index contributed by atoms with van der Waals surface area (Å²) in [6.45, 7) is 0.220. The van der Waals surface area contributed by atoms with Crippen molar-refractivity contribution in [2.75, 3.05) is 6.61 Å². The second-order valence-electron chi connectivity index (χ2n) is 7.85. The average molecular weight is 511 g/mol. The smallest absolute Gasteiger partial charge is 0.283 e. The van der Waals surface area contributed by atoms with Crippen LogP contribution in [0.3, 0.4) is 0 Å². The summed E-state index contributed by atoms with van der Waals surface area (Å²) in [5.41, 5.74) is 0.115. The lowest BCUT2D eigenvalue weighted by atomic mass is 10.1. The Balaban J connectivity index is 1.19. The Bertz CT molecular complexity index is 1590. The number of aliphatic imine (C=N–C) groups is 1. The van der Waals surface area contributed by atoms with Crippen LogP contribution in [0.5, 0.6) is 5.75 Å². The van der Waals surface area contributed by atoms with Crippen LogP contribution < -0.4 is 4.74 Å². The van der Waals surface area contributed by atoms with Gasteiger partial charge in [0.05, 0.1) is 5.57 Å². The molecule has 3 aromatic carbocycles. The summed E-state index contributed by atoms with van der Waals surface area (Å²) >= 11 is 2.73. The zero-order valence-electron chi connectivity index (χ0n) is 18.8. The number of carbonyl (C=O) groups is 1. The van der Waals surface area contributed by atoms with E-state index in [9.17, 15) is 4.79 Å². The molecule has 0 unspecified atom stereocenters. The number of nitrogens with zero attached hydrogens (tertiary/aromatic N) is 3. The lowest BCUT2D eigenvalue weighted by molar-refractivity contribution is -0.114. The molecule has 0 aliphatic carbocycles. The number of amides is 1. The third-order valence-corrected chi connectivity index (χ3v) is 7.33. The molecule has 36 heavy (non-hydrogen) atoms. The summed E-state index contributed by atoms with van der Waals surface area (Å²) in [4.78, 5) is 17.9. The topological polar surface area (TPSA) is 91.2 Å². The summed E-state index contributed by atoms with van der Waals surface area (Å²) in [6, 6.07) is 27.3. The highest BCUT2D eigenvalue weighted by molar-refractivity contribution is 8.27. The number of thioether (sulfide) groups is 1. The molecule has 0 spiro atoms. The van der Waals surface area contributed by atoms with Gasteiger partial charge in [-0.05, 0) is 58.9 Å². The van der Waals surface area contributed by atoms with Crippen molar-refractivity contribution in [1.29, 1.82) is 5.41 Å². The van der Waals surface area contributed by atoms with E-state index >= 15 is 0 Å². The van der Waals surface area contributed by atoms with Crippen LogP contribution in [0.1, 0.15) is 5.76 Å². The summed E-state index contributed by atoms with van der Waals surface area (Å²) in [5.74, 6) is 0.632. The van der Waals surface area contributed by atoms with Crippen LogP contribution in [0.4, 0.5) is 0 Å². The molecule has 3 heterocycles. The number of hydrogen-bond donors (Lipinski definition) is 1. The molecular weight excluding hydrogens is 492 g/mol. The van der Waals surface area contributed by atoms with E-state index < -0.39 is 5.91 Å². The Labute approximate surface area is 215 Å². The summed E-state index contributed by atoms with van der Waals surface area (Å²) in [7, 11) is 0. The van der Waals surface area contributed by atoms with Crippen molar-refractivity contribution in [1.82, 2.24) is 5.01 Å². The Hall–Kier alpha value is -4.08. The highest BCUT2D eigenvalue weighted by Gasteiger charge is 2.36. The number of rotatable bonds is 6. The van der Waals surface area contributed by atoms with Gasteiger partial charge in [0.25, 0.3) is 5.91 Å². The van der Waals surface area contributed by atoms with Crippen LogP contribution in [0, 0.1) is 5.41 Å². The minimum absolute atomic E-state index is 0.0492. The summed E-state index contributed by atoms with van der Waals surface area (Å²) in [6.07, 6.45) is 1.54. The molecule has 0 bridgehead atoms. The van der Waals surface area contributed by atoms with Gasteiger partial charge in [0.15, 0.2) is 10.9 Å². The molecule has 0 fully saturated rings. The quantitative estimate of drug-likeness (QED) is 0.307. The minimum Gasteiger partial charge on any atom is -0.487 e. The van der Waals surface area contributed by atoms with Crippen LogP contribution >= 0.6 is 23.5 Å². The summed E-state index contributed by atoms with van der Waals surface area (Å²) < 4.78 is 11.7. The van der Waals surface area contributed by atoms with Gasteiger partial charge in [-0.25, -0.2) is 0 Å². The largest absolute Gasteiger partial charge is 0.487 e. The summed E-state index contributed by atoms with van der Waals surface area (Å²) in [5, 5.41) is 18.3. The Morgan fingerprint density at radius 3 is 2.69 bits per heavy atom. The fourth-order valence-electron chi connectivity index (χ4n) is 3.75. The van der Waals surface area contributed by atoms with Crippen LogP contribution in [0.2, 0.25) is 0 Å². The highest BCUT2D eigenvalue weighted by Crippen LogP contribution is 2.35. The van der Waals surface area contributed by atoms with E-state index in [4.69, 9.17) is 14.6 Å². The van der Waals surface area contributed by atoms with Crippen molar-refractivity contribution in [3.8, 4) is 5.75 Å². The lowest BCUT2D eigenvalue weighted by Gasteiger charge is -2.19. The van der Waals surface area contributed by atoms with Gasteiger partial charge in [0.1, 0.15) is 23.2 Å². The van der Waals surface area contributed by atoms with Crippen LogP contribution in [0.15, 0.2) is 115 Å². The Morgan fingerprint density at radius 2 is 1.81 bits per heavy atom. The molecule has 0 saturated heterocycles. The van der Waals surface area contributed by atoms with Crippen molar-refractivity contribution in [3.63, 3.8) is 0 Å². The molecule has 0 saturated carbocycles. The molecule has 176 valence electrons. The fraction of sp³-hybridized carbons (Fsp3) is 0.0370. The lowest BCUT2D eigenvalue weighted by Crippen LogP contribution is -2.35. The number of ether oxygens (including phenoxy) is 1. The second kappa shape index (κ2) is 9.52. The predicted molar refractivity (Wildman–Crippen MR) is 144 cm³/mol. The Kier molecular flexibility index (Phi) is 5.92. The number of hydrogen-bond acceptors (Lipinski definition) is 7. The van der Waals surface area contributed by atoms with E-state index in [1.54, 1.807) is 6.07 Å². The average Bonchev–Trinajstić information content (AvgIpc) is 3.53. The maximum atomic E-state index is 12.7. The van der Waals surface area contributed by atoms with Gasteiger partial charge in [-0.1, -0.05) is 66.4 Å². The van der Waals surface area contributed by atoms with E-state index in [2.05, 4.69) is 28.3 Å². The number of furan rings is 1. The molecule has 1 amide bonds. The predicted octanol–water partition coefficient (Wildman–Crippen LogP) is 6.28. The van der Waals surface area contributed by atoms with Crippen molar-refractivity contribution >= 4 is 62.3 Å². The molecule has 4 aromatic rings. The van der Waals surface area contributed by atoms with Crippen molar-refractivity contribution in [2.45, 2.75) is 9.99 Å². The SMILES string of the molecule is N=C1/C(=C/c2ccc(Sc3cccc4ccccc34)o2)C(=O)N=C2SC(COc3ccccc3)=NN12. The first-order valence-corrected chi connectivity index (χ1v) is 12.7. The van der Waals surface area contributed by atoms with Crippen molar-refractivity contribution < 1.29 is 13.9 Å². The first-order chi connectivity index (χ1) is 17.6. The highest BCUT2D eigenvalue weighted by atomic mass is 32.2. The number of amidine groups is 2. The van der Waals surface area contributed by atoms with E-state index in [1.165, 1.54) is 34.6 Å². The standard InChI is InChI=1S/C27H18N4O3S2/c28-25-21(26(32)29-27-31(25)30-23(36-27)16-33-18-9-2-1-3-10-18)15-19-13-14-24(34-19)35-22-12-6-8-17-7-4-5-11-20(17)22/h1-15,28H,16H2/b21-15-,28-25?. The maximum Gasteiger partial charge on any atom is 0.283 e. The number of benzene rings is 3. The number of nitrogens with one attached hydrogen (secondary N) is 1. The zero-order chi connectivity index (χ0) is 24.5. The molecule has 0 radical (unpaired) electrons. The minimum atomic E-state index is -0.501. The van der Waals surface area contributed by atoms with Gasteiger partial charge in [-0.15, -0.1) is 0 Å². The number of hydrazone groups is 1. The van der Waals surface area contributed by atoms with Crippen molar-refractivity contribution in [3.05, 3.63) is 96.3 Å². The van der Waals surface area contributed by atoms with Crippen LogP contribution in [0.25, 0.3) is 16.8 Å². The van der Waals surface area contributed by atoms with Gasteiger partial charge < -0.3 is 9.15 Å². The van der Waals surface area contributed by atoms with E-state index in [1.807, 2.05) is 60.7 Å². The fourth-order valence-corrected chi connectivity index (χ4v) is 5.49. The molecule has 7 nitrogen and oxygen atoms in total. The van der Waals surface area contributed by atoms with Gasteiger partial charge in [0.2, 0.25) is 5.17 Å². The third-order valence-electron chi connectivity index (χ3n) is 5.45. The zero-order valence-corrected chi connectivity index (χ0v) is 20.4. The molecule has 6 rings (SSSR count). The van der Waals surface area contributed by atoms with Gasteiger partial charge in [-0.3, -0.25) is 10.2 Å². The first-order valence-electron chi connectivity index (χ1n) is 11.1. The van der Waals surface area contributed by atoms with E-state index in [0.717, 1.165) is 15.7 Å². The Morgan fingerprint density at radius 1 is 1.00 bits per heavy atom. The second-order valence-corrected chi connectivity index (χ2v) is 9.94. The number of carbonyl (C=O) groups excluding carboxylic acids is 1. The number of fused-ring (bicyclic) bond motifs is 2. The maximum absolute atomic E-state index is 12.7. The molecule has 2 aliphatic heterocycles. The molecule has 0 atom stereocenters. The van der Waals surface area contributed by atoms with Crippen molar-refractivity contribution in [2.24, 2.45) is 10.1 Å². The monoisotopic (exact) mass is 510 g/mol. The van der Waals surface area contributed by atoms with Gasteiger partial charge in [0, 0.05) is 4.90 Å². The molecule has 2 aliphatic rings. The van der Waals surface area contributed by atoms with Crippen LogP contribution in [-0.4, -0.2) is 33.6 Å². The molecule has 1 N–H and O–H groups in total. The van der Waals surface area contributed by atoms with E-state index in [-0.39, 0.29) is 18.0 Å². The van der Waals surface area contributed by atoms with Gasteiger partial charge >= 0.3 is 0 Å². The molecule has 1 aromatic heterocycles. The number of para-hydroxylation sites is 1.